The average Bonchev–Trinajstić information content (AvgIpc) is 2.28. The molecule has 1 rings (SSSR count). The van der Waals surface area contributed by atoms with E-state index < -0.39 is 0 Å². The van der Waals surface area contributed by atoms with Crippen LogP contribution in [-0.4, -0.2) is 18.4 Å². The minimum atomic E-state index is -0.387. The molecule has 1 aliphatic heterocycles. The summed E-state index contributed by atoms with van der Waals surface area (Å²) in [6.45, 7) is 2.44. The lowest BCUT2D eigenvalue weighted by Gasteiger charge is -2.17. The molecule has 1 aliphatic rings. The standard InChI is InChI=1S/C9H16N2O2/c1-6(8(10)12)7-4-2-3-5-11-9(7)13/h6-7H,2-5H2,1H3,(H2,10,12)(H,11,13)/t6?,7-/m0/s1. The summed E-state index contributed by atoms with van der Waals surface area (Å²) in [5, 5.41) is 2.78. The van der Waals surface area contributed by atoms with Gasteiger partial charge in [0.05, 0.1) is 0 Å². The van der Waals surface area contributed by atoms with Crippen LogP contribution in [0.2, 0.25) is 0 Å². The van der Waals surface area contributed by atoms with Gasteiger partial charge in [-0.15, -0.1) is 0 Å². The monoisotopic (exact) mass is 184 g/mol. The van der Waals surface area contributed by atoms with E-state index in [1.54, 1.807) is 6.92 Å². The molecule has 0 aromatic rings. The van der Waals surface area contributed by atoms with Crippen molar-refractivity contribution in [2.45, 2.75) is 26.2 Å². The Labute approximate surface area is 77.9 Å². The van der Waals surface area contributed by atoms with Crippen LogP contribution in [0.25, 0.3) is 0 Å². The van der Waals surface area contributed by atoms with Gasteiger partial charge in [0.1, 0.15) is 0 Å². The molecule has 1 saturated heterocycles. The SMILES string of the molecule is CC(C(N)=O)[C@@H]1CCCCNC1=O. The van der Waals surface area contributed by atoms with Crippen molar-refractivity contribution in [3.05, 3.63) is 0 Å². The summed E-state index contributed by atoms with van der Waals surface area (Å²) in [4.78, 5) is 22.3. The first-order valence-electron chi connectivity index (χ1n) is 4.70. The van der Waals surface area contributed by atoms with Gasteiger partial charge in [-0.3, -0.25) is 9.59 Å². The second-order valence-electron chi connectivity index (χ2n) is 3.58. The molecule has 1 unspecified atom stereocenters. The van der Waals surface area contributed by atoms with Crippen LogP contribution >= 0.6 is 0 Å². The Hall–Kier alpha value is -1.06. The lowest BCUT2D eigenvalue weighted by molar-refractivity contribution is -0.132. The van der Waals surface area contributed by atoms with Crippen molar-refractivity contribution in [2.75, 3.05) is 6.54 Å². The topological polar surface area (TPSA) is 72.2 Å². The molecule has 0 bridgehead atoms. The number of nitrogens with one attached hydrogen (secondary N) is 1. The molecule has 0 aromatic heterocycles. The van der Waals surface area contributed by atoms with E-state index in [1.165, 1.54) is 0 Å². The van der Waals surface area contributed by atoms with Gasteiger partial charge in [0, 0.05) is 18.4 Å². The molecule has 0 aliphatic carbocycles. The van der Waals surface area contributed by atoms with Gasteiger partial charge in [0.25, 0.3) is 0 Å². The Morgan fingerprint density at radius 1 is 1.62 bits per heavy atom. The van der Waals surface area contributed by atoms with Crippen LogP contribution in [0.5, 0.6) is 0 Å². The highest BCUT2D eigenvalue weighted by Crippen LogP contribution is 2.20. The number of hydrogen-bond donors (Lipinski definition) is 2. The van der Waals surface area contributed by atoms with E-state index in [-0.39, 0.29) is 23.7 Å². The third-order valence-corrected chi connectivity index (χ3v) is 2.63. The van der Waals surface area contributed by atoms with Gasteiger partial charge in [0.2, 0.25) is 11.8 Å². The first-order chi connectivity index (χ1) is 6.13. The molecule has 2 amide bonds. The van der Waals surface area contributed by atoms with E-state index in [2.05, 4.69) is 5.32 Å². The van der Waals surface area contributed by atoms with Gasteiger partial charge in [-0.25, -0.2) is 0 Å². The summed E-state index contributed by atoms with van der Waals surface area (Å²) in [6, 6.07) is 0. The van der Waals surface area contributed by atoms with Crippen molar-refractivity contribution < 1.29 is 9.59 Å². The number of nitrogens with two attached hydrogens (primary N) is 1. The Bertz CT molecular complexity index is 216. The molecular weight excluding hydrogens is 168 g/mol. The Kier molecular flexibility index (Phi) is 3.28. The molecule has 0 aromatic carbocycles. The molecular formula is C9H16N2O2. The minimum Gasteiger partial charge on any atom is -0.369 e. The van der Waals surface area contributed by atoms with Gasteiger partial charge in [-0.1, -0.05) is 13.3 Å². The van der Waals surface area contributed by atoms with E-state index in [1.807, 2.05) is 0 Å². The molecule has 4 nitrogen and oxygen atoms in total. The van der Waals surface area contributed by atoms with E-state index >= 15 is 0 Å². The summed E-state index contributed by atoms with van der Waals surface area (Å²) in [5.74, 6) is -0.982. The third-order valence-electron chi connectivity index (χ3n) is 2.63. The molecule has 0 spiro atoms. The number of rotatable bonds is 2. The largest absolute Gasteiger partial charge is 0.369 e. The molecule has 1 fully saturated rings. The average molecular weight is 184 g/mol. The van der Waals surface area contributed by atoms with Gasteiger partial charge < -0.3 is 11.1 Å². The second kappa shape index (κ2) is 4.25. The zero-order valence-electron chi connectivity index (χ0n) is 7.88. The lowest BCUT2D eigenvalue weighted by Crippen LogP contribution is -2.37. The molecule has 3 N–H and O–H groups in total. The van der Waals surface area contributed by atoms with Gasteiger partial charge in [-0.05, 0) is 12.8 Å². The smallest absolute Gasteiger partial charge is 0.223 e. The van der Waals surface area contributed by atoms with Crippen LogP contribution in [0.15, 0.2) is 0 Å². The quantitative estimate of drug-likeness (QED) is 0.635. The molecule has 2 atom stereocenters. The summed E-state index contributed by atoms with van der Waals surface area (Å²) >= 11 is 0. The fraction of sp³-hybridized carbons (Fsp3) is 0.778. The van der Waals surface area contributed by atoms with Crippen molar-refractivity contribution in [1.29, 1.82) is 0 Å². The van der Waals surface area contributed by atoms with Crippen molar-refractivity contribution in [3.63, 3.8) is 0 Å². The van der Waals surface area contributed by atoms with Crippen molar-refractivity contribution >= 4 is 11.8 Å². The maximum Gasteiger partial charge on any atom is 0.223 e. The Balaban J connectivity index is 2.64. The van der Waals surface area contributed by atoms with Crippen LogP contribution in [0.3, 0.4) is 0 Å². The first kappa shape index (κ1) is 10.0. The normalized spacial score (nSPS) is 25.9. The minimum absolute atomic E-state index is 0.0243. The van der Waals surface area contributed by atoms with Crippen LogP contribution in [0.1, 0.15) is 26.2 Å². The van der Waals surface area contributed by atoms with Gasteiger partial charge in [0.15, 0.2) is 0 Å². The Morgan fingerprint density at radius 3 is 2.92 bits per heavy atom. The first-order valence-corrected chi connectivity index (χ1v) is 4.70. The zero-order valence-corrected chi connectivity index (χ0v) is 7.88. The van der Waals surface area contributed by atoms with Gasteiger partial charge >= 0.3 is 0 Å². The van der Waals surface area contributed by atoms with E-state index in [4.69, 9.17) is 5.73 Å². The summed E-state index contributed by atoms with van der Waals surface area (Å²) in [6.07, 6.45) is 2.75. The number of carbonyl (C=O) groups excluding carboxylic acids is 2. The second-order valence-corrected chi connectivity index (χ2v) is 3.58. The maximum atomic E-state index is 11.4. The van der Waals surface area contributed by atoms with Crippen LogP contribution < -0.4 is 11.1 Å². The highest BCUT2D eigenvalue weighted by atomic mass is 16.2. The zero-order chi connectivity index (χ0) is 9.84. The van der Waals surface area contributed by atoms with E-state index in [9.17, 15) is 9.59 Å². The van der Waals surface area contributed by atoms with Crippen LogP contribution in [-0.2, 0) is 9.59 Å². The van der Waals surface area contributed by atoms with Crippen molar-refractivity contribution in [1.82, 2.24) is 5.32 Å². The highest BCUT2D eigenvalue weighted by molar-refractivity contribution is 5.86. The molecule has 1 heterocycles. The van der Waals surface area contributed by atoms with Crippen LogP contribution in [0, 0.1) is 11.8 Å². The maximum absolute atomic E-state index is 11.4. The van der Waals surface area contributed by atoms with E-state index in [0.717, 1.165) is 25.8 Å². The number of carbonyl (C=O) groups is 2. The fourth-order valence-electron chi connectivity index (χ4n) is 1.64. The molecule has 4 heteroatoms. The highest BCUT2D eigenvalue weighted by Gasteiger charge is 2.29. The number of primary amides is 1. The van der Waals surface area contributed by atoms with E-state index in [0.29, 0.717) is 0 Å². The summed E-state index contributed by atoms with van der Waals surface area (Å²) < 4.78 is 0. The molecule has 74 valence electrons. The third kappa shape index (κ3) is 2.44. The predicted molar refractivity (Wildman–Crippen MR) is 48.7 cm³/mol. The number of hydrogen-bond acceptors (Lipinski definition) is 2. The fourth-order valence-corrected chi connectivity index (χ4v) is 1.64. The summed E-state index contributed by atoms with van der Waals surface area (Å²) in [7, 11) is 0. The van der Waals surface area contributed by atoms with Crippen LogP contribution in [0.4, 0.5) is 0 Å². The summed E-state index contributed by atoms with van der Waals surface area (Å²) in [5.41, 5.74) is 5.16. The number of amides is 2. The van der Waals surface area contributed by atoms with Crippen molar-refractivity contribution in [2.24, 2.45) is 17.6 Å². The predicted octanol–water partition coefficient (Wildman–Crippen LogP) is 0.0241. The van der Waals surface area contributed by atoms with Gasteiger partial charge in [-0.2, -0.15) is 0 Å². The molecule has 0 saturated carbocycles. The molecule has 0 radical (unpaired) electrons. The lowest BCUT2D eigenvalue weighted by atomic mass is 9.89. The molecule has 13 heavy (non-hydrogen) atoms. The Morgan fingerprint density at radius 2 is 2.31 bits per heavy atom. The van der Waals surface area contributed by atoms with Crippen molar-refractivity contribution in [3.8, 4) is 0 Å².